The zero-order valence-electron chi connectivity index (χ0n) is 21.1. The summed E-state index contributed by atoms with van der Waals surface area (Å²) in [6.45, 7) is 8.15. The molecule has 10 nitrogen and oxygen atoms in total. The Bertz CT molecular complexity index is 1610. The van der Waals surface area contributed by atoms with Crippen LogP contribution in [0, 0.1) is 0 Å². The highest BCUT2D eigenvalue weighted by Crippen LogP contribution is 2.30. The highest BCUT2D eigenvalue weighted by molar-refractivity contribution is 7.89. The van der Waals surface area contributed by atoms with Crippen LogP contribution < -0.4 is 5.63 Å². The van der Waals surface area contributed by atoms with E-state index in [1.807, 2.05) is 27.7 Å². The van der Waals surface area contributed by atoms with E-state index in [1.165, 1.54) is 32.9 Å². The molecule has 0 radical (unpaired) electrons. The van der Waals surface area contributed by atoms with Gasteiger partial charge in [-0.05, 0) is 52.0 Å². The molecule has 2 saturated heterocycles. The Hall–Kier alpha value is -2.35. The second-order valence-corrected chi connectivity index (χ2v) is 13.8. The molecule has 2 aromatic carbocycles. The fourth-order valence-electron chi connectivity index (χ4n) is 5.16. The van der Waals surface area contributed by atoms with Gasteiger partial charge < -0.3 is 13.9 Å². The molecule has 4 atom stereocenters. The van der Waals surface area contributed by atoms with Gasteiger partial charge in [-0.3, -0.25) is 0 Å². The Balaban J connectivity index is 1.55. The van der Waals surface area contributed by atoms with Crippen molar-refractivity contribution in [1.82, 2.24) is 8.61 Å². The Morgan fingerprint density at radius 1 is 0.649 bits per heavy atom. The van der Waals surface area contributed by atoms with Gasteiger partial charge in [0.1, 0.15) is 5.58 Å². The van der Waals surface area contributed by atoms with E-state index in [1.54, 1.807) is 12.1 Å². The molecule has 2 aliphatic heterocycles. The summed E-state index contributed by atoms with van der Waals surface area (Å²) in [5.74, 6) is 0. The third-order valence-corrected chi connectivity index (χ3v) is 10.4. The van der Waals surface area contributed by atoms with Gasteiger partial charge in [0.05, 0.1) is 39.6 Å². The largest absolute Gasteiger partial charge is 0.422 e. The Labute approximate surface area is 215 Å². The Morgan fingerprint density at radius 2 is 1.08 bits per heavy atom. The average Bonchev–Trinajstić information content (AvgIpc) is 2.82. The first kappa shape index (κ1) is 26.3. The fourth-order valence-corrected chi connectivity index (χ4v) is 8.39. The van der Waals surface area contributed by atoms with Gasteiger partial charge in [-0.2, -0.15) is 8.61 Å². The maximum Gasteiger partial charge on any atom is 0.344 e. The molecule has 0 bridgehead atoms. The summed E-state index contributed by atoms with van der Waals surface area (Å²) < 4.78 is 72.7. The van der Waals surface area contributed by atoms with Gasteiger partial charge in [0, 0.05) is 43.0 Å². The second kappa shape index (κ2) is 9.44. The zero-order chi connectivity index (χ0) is 26.7. The smallest absolute Gasteiger partial charge is 0.344 e. The van der Waals surface area contributed by atoms with Crippen molar-refractivity contribution in [2.75, 3.05) is 26.2 Å². The van der Waals surface area contributed by atoms with Crippen molar-refractivity contribution >= 4 is 41.8 Å². The predicted molar refractivity (Wildman–Crippen MR) is 138 cm³/mol. The maximum absolute atomic E-state index is 13.3. The normalized spacial score (nSPS) is 26.6. The first-order valence-corrected chi connectivity index (χ1v) is 15.1. The summed E-state index contributed by atoms with van der Waals surface area (Å²) in [5, 5.41) is 1.09. The van der Waals surface area contributed by atoms with Gasteiger partial charge in [-0.25, -0.2) is 21.6 Å². The van der Waals surface area contributed by atoms with E-state index in [4.69, 9.17) is 13.9 Å². The van der Waals surface area contributed by atoms with Gasteiger partial charge in [-0.1, -0.05) is 6.07 Å². The number of fused-ring (bicyclic) bond motifs is 3. The molecule has 3 aromatic rings. The number of hydrogen-bond donors (Lipinski definition) is 0. The van der Waals surface area contributed by atoms with Gasteiger partial charge in [-0.15, -0.1) is 0 Å². The lowest BCUT2D eigenvalue weighted by Crippen LogP contribution is -2.48. The highest BCUT2D eigenvalue weighted by Gasteiger charge is 2.34. The van der Waals surface area contributed by atoms with E-state index in [0.29, 0.717) is 10.8 Å². The lowest BCUT2D eigenvalue weighted by molar-refractivity contribution is -0.0442. The van der Waals surface area contributed by atoms with Crippen molar-refractivity contribution < 1.29 is 30.7 Å². The molecule has 0 amide bonds. The molecule has 0 saturated carbocycles. The van der Waals surface area contributed by atoms with Crippen LogP contribution in [-0.2, 0) is 29.5 Å². The van der Waals surface area contributed by atoms with Crippen LogP contribution in [0.1, 0.15) is 27.7 Å². The van der Waals surface area contributed by atoms with E-state index in [2.05, 4.69) is 0 Å². The number of hydrogen-bond acceptors (Lipinski definition) is 8. The van der Waals surface area contributed by atoms with Gasteiger partial charge in [0.25, 0.3) is 0 Å². The molecule has 5 rings (SSSR count). The van der Waals surface area contributed by atoms with Gasteiger partial charge in [0.15, 0.2) is 0 Å². The molecule has 0 aliphatic carbocycles. The van der Waals surface area contributed by atoms with E-state index >= 15 is 0 Å². The third kappa shape index (κ3) is 4.82. The molecule has 37 heavy (non-hydrogen) atoms. The van der Waals surface area contributed by atoms with Crippen LogP contribution in [0.2, 0.25) is 0 Å². The van der Waals surface area contributed by atoms with Crippen molar-refractivity contribution in [1.29, 1.82) is 0 Å². The first-order valence-electron chi connectivity index (χ1n) is 12.2. The molecule has 3 heterocycles. The van der Waals surface area contributed by atoms with Crippen molar-refractivity contribution in [3.05, 3.63) is 46.8 Å². The van der Waals surface area contributed by atoms with Crippen LogP contribution in [0.25, 0.3) is 21.7 Å². The van der Waals surface area contributed by atoms with E-state index in [9.17, 15) is 21.6 Å². The van der Waals surface area contributed by atoms with Gasteiger partial charge in [0.2, 0.25) is 20.0 Å². The van der Waals surface area contributed by atoms with Crippen molar-refractivity contribution in [2.45, 2.75) is 61.9 Å². The summed E-state index contributed by atoms with van der Waals surface area (Å²) in [7, 11) is -7.70. The Kier molecular flexibility index (Phi) is 6.70. The minimum absolute atomic E-state index is 0.0114. The molecule has 0 spiro atoms. The van der Waals surface area contributed by atoms with Gasteiger partial charge >= 0.3 is 5.63 Å². The fraction of sp³-hybridized carbons (Fsp3) is 0.480. The summed E-state index contributed by atoms with van der Waals surface area (Å²) in [6.07, 6.45) is -0.977. The molecule has 2 aliphatic rings. The lowest BCUT2D eigenvalue weighted by atomic mass is 10.1. The third-order valence-electron chi connectivity index (χ3n) is 6.70. The molecular formula is C25H30N2O8S2. The number of benzene rings is 2. The van der Waals surface area contributed by atoms with Crippen LogP contribution in [0.4, 0.5) is 0 Å². The molecular weight excluding hydrogens is 520 g/mol. The monoisotopic (exact) mass is 550 g/mol. The Morgan fingerprint density at radius 3 is 1.57 bits per heavy atom. The predicted octanol–water partition coefficient (Wildman–Crippen LogP) is 2.54. The minimum Gasteiger partial charge on any atom is -0.422 e. The second-order valence-electron chi connectivity index (χ2n) is 9.91. The molecule has 1 aromatic heterocycles. The van der Waals surface area contributed by atoms with E-state index < -0.39 is 25.7 Å². The SMILES string of the molecule is C[C@@H]1CN(S(=O)(=O)c2ccc3c(c2)oc(=O)c2cc(S(=O)(=O)N4C[C@H](C)O[C@@H](C)C4)ccc23)C[C@@H](C)O1. The first-order chi connectivity index (χ1) is 17.4. The van der Waals surface area contributed by atoms with Crippen LogP contribution in [0.5, 0.6) is 0 Å². The molecule has 12 heteroatoms. The molecule has 0 unspecified atom stereocenters. The van der Waals surface area contributed by atoms with Crippen LogP contribution in [-0.4, -0.2) is 76.0 Å². The van der Waals surface area contributed by atoms with Crippen LogP contribution in [0.15, 0.2) is 55.4 Å². The molecule has 200 valence electrons. The summed E-state index contributed by atoms with van der Waals surface area (Å²) >= 11 is 0. The summed E-state index contributed by atoms with van der Waals surface area (Å²) in [6, 6.07) is 8.75. The standard InChI is InChI=1S/C25H30N2O8S2/c1-15-11-26(12-16(2)33-15)36(29,30)19-5-7-21-22-8-6-20(10-24(22)35-25(28)23(21)9-19)37(31,32)27-13-17(3)34-18(4)14-27/h5-10,15-18H,11-14H2,1-4H3/t15-,16-,17+,18+/m0/s1. The van der Waals surface area contributed by atoms with Crippen LogP contribution >= 0.6 is 0 Å². The number of ether oxygens (including phenoxy) is 2. The molecule has 0 N–H and O–H groups in total. The van der Waals surface area contributed by atoms with Crippen molar-refractivity contribution in [2.24, 2.45) is 0 Å². The quantitative estimate of drug-likeness (QED) is 0.359. The van der Waals surface area contributed by atoms with E-state index in [0.717, 1.165) is 0 Å². The van der Waals surface area contributed by atoms with E-state index in [-0.39, 0.29) is 71.4 Å². The topological polar surface area (TPSA) is 123 Å². The number of nitrogens with zero attached hydrogens (tertiary/aromatic N) is 2. The summed E-state index contributed by atoms with van der Waals surface area (Å²) in [5.41, 5.74) is -0.634. The van der Waals surface area contributed by atoms with Crippen LogP contribution in [0.3, 0.4) is 0 Å². The molecule has 2 fully saturated rings. The highest BCUT2D eigenvalue weighted by atomic mass is 32.2. The summed E-state index contributed by atoms with van der Waals surface area (Å²) in [4.78, 5) is 12.9. The number of rotatable bonds is 4. The van der Waals surface area contributed by atoms with Crippen molar-refractivity contribution in [3.8, 4) is 0 Å². The van der Waals surface area contributed by atoms with Crippen molar-refractivity contribution in [3.63, 3.8) is 0 Å². The number of morpholine rings is 2. The number of sulfonamides is 2. The minimum atomic E-state index is -3.86. The maximum atomic E-state index is 13.3. The lowest BCUT2D eigenvalue weighted by Gasteiger charge is -2.34. The average molecular weight is 551 g/mol. The zero-order valence-corrected chi connectivity index (χ0v) is 22.7.